The average molecular weight is 219 g/mol. The molecule has 0 aliphatic heterocycles. The second kappa shape index (κ2) is 4.03. The highest BCUT2D eigenvalue weighted by Gasteiger charge is 2.04. The SMILES string of the molecule is Cc1ccc(S(=O)n2ccc(C)c2)cc1. The van der Waals surface area contributed by atoms with Crippen LogP contribution in [0.2, 0.25) is 0 Å². The standard InChI is InChI=1S/C12H13NOS/c1-10-3-5-12(6-4-10)15(14)13-8-7-11(2)9-13/h3-9H,1-2H3. The van der Waals surface area contributed by atoms with E-state index >= 15 is 0 Å². The van der Waals surface area contributed by atoms with Crippen molar-refractivity contribution in [2.24, 2.45) is 0 Å². The molecule has 0 fully saturated rings. The first-order valence-corrected chi connectivity index (χ1v) is 5.91. The van der Waals surface area contributed by atoms with Gasteiger partial charge in [0.1, 0.15) is 0 Å². The molecule has 1 atom stereocenters. The van der Waals surface area contributed by atoms with Crippen LogP contribution < -0.4 is 0 Å². The minimum atomic E-state index is -1.12. The smallest absolute Gasteiger partial charge is 0.156 e. The molecule has 3 heteroatoms. The number of rotatable bonds is 2. The van der Waals surface area contributed by atoms with Gasteiger partial charge in [0, 0.05) is 12.4 Å². The zero-order valence-electron chi connectivity index (χ0n) is 8.81. The van der Waals surface area contributed by atoms with E-state index in [9.17, 15) is 4.21 Å². The van der Waals surface area contributed by atoms with E-state index in [1.165, 1.54) is 5.56 Å². The molecule has 1 unspecified atom stereocenters. The summed E-state index contributed by atoms with van der Waals surface area (Å²) in [7, 11) is -1.12. The van der Waals surface area contributed by atoms with E-state index < -0.39 is 11.0 Å². The van der Waals surface area contributed by atoms with Crippen molar-refractivity contribution < 1.29 is 4.21 Å². The zero-order chi connectivity index (χ0) is 10.8. The van der Waals surface area contributed by atoms with Crippen LogP contribution in [-0.4, -0.2) is 8.18 Å². The minimum Gasteiger partial charge on any atom is -0.270 e. The Hall–Kier alpha value is -1.35. The van der Waals surface area contributed by atoms with Crippen LogP contribution in [0.5, 0.6) is 0 Å². The fourth-order valence-corrected chi connectivity index (χ4v) is 2.40. The van der Waals surface area contributed by atoms with Gasteiger partial charge in [0.25, 0.3) is 0 Å². The van der Waals surface area contributed by atoms with Gasteiger partial charge in [0.05, 0.1) is 4.90 Å². The molecule has 2 rings (SSSR count). The lowest BCUT2D eigenvalue weighted by Crippen LogP contribution is -2.01. The largest absolute Gasteiger partial charge is 0.270 e. The van der Waals surface area contributed by atoms with Crippen LogP contribution in [0.25, 0.3) is 0 Å². The Morgan fingerprint density at radius 3 is 2.20 bits per heavy atom. The van der Waals surface area contributed by atoms with Crippen molar-refractivity contribution in [2.45, 2.75) is 18.7 Å². The second-order valence-electron chi connectivity index (χ2n) is 3.61. The molecule has 0 radical (unpaired) electrons. The van der Waals surface area contributed by atoms with Crippen molar-refractivity contribution in [3.8, 4) is 0 Å². The Kier molecular flexibility index (Phi) is 2.73. The van der Waals surface area contributed by atoms with Crippen LogP contribution in [0.3, 0.4) is 0 Å². The molecule has 0 aliphatic rings. The van der Waals surface area contributed by atoms with Crippen molar-refractivity contribution in [2.75, 3.05) is 0 Å². The van der Waals surface area contributed by atoms with Crippen LogP contribution >= 0.6 is 0 Å². The van der Waals surface area contributed by atoms with E-state index in [0.29, 0.717) is 0 Å². The first kappa shape index (κ1) is 10.2. The Labute approximate surface area is 92.1 Å². The molecule has 2 aromatic rings. The topological polar surface area (TPSA) is 22.0 Å². The van der Waals surface area contributed by atoms with Gasteiger partial charge in [0.2, 0.25) is 0 Å². The monoisotopic (exact) mass is 219 g/mol. The van der Waals surface area contributed by atoms with Gasteiger partial charge in [-0.15, -0.1) is 0 Å². The summed E-state index contributed by atoms with van der Waals surface area (Å²) >= 11 is 0. The number of hydrogen-bond donors (Lipinski definition) is 0. The predicted octanol–water partition coefficient (Wildman–Crippen LogP) is 2.68. The van der Waals surface area contributed by atoms with Crippen LogP contribution in [-0.2, 0) is 11.0 Å². The van der Waals surface area contributed by atoms with Crippen LogP contribution in [0, 0.1) is 13.8 Å². The number of hydrogen-bond acceptors (Lipinski definition) is 1. The molecular formula is C12H13NOS. The normalized spacial score (nSPS) is 12.7. The molecular weight excluding hydrogens is 206 g/mol. The fourth-order valence-electron chi connectivity index (χ4n) is 1.36. The first-order valence-electron chi connectivity index (χ1n) is 4.80. The lowest BCUT2D eigenvalue weighted by atomic mass is 10.2. The van der Waals surface area contributed by atoms with Crippen LogP contribution in [0.4, 0.5) is 0 Å². The molecule has 0 spiro atoms. The fraction of sp³-hybridized carbons (Fsp3) is 0.167. The maximum absolute atomic E-state index is 12.0. The molecule has 78 valence electrons. The summed E-state index contributed by atoms with van der Waals surface area (Å²) in [4.78, 5) is 0.830. The summed E-state index contributed by atoms with van der Waals surface area (Å²) in [5.74, 6) is 0. The Morgan fingerprint density at radius 1 is 1.00 bits per heavy atom. The molecule has 0 N–H and O–H groups in total. The van der Waals surface area contributed by atoms with Gasteiger partial charge in [-0.1, -0.05) is 17.7 Å². The average Bonchev–Trinajstić information content (AvgIpc) is 2.65. The van der Waals surface area contributed by atoms with Crippen LogP contribution in [0.1, 0.15) is 11.1 Å². The van der Waals surface area contributed by atoms with Crippen molar-refractivity contribution in [3.05, 3.63) is 53.9 Å². The lowest BCUT2D eigenvalue weighted by Gasteiger charge is -2.02. The van der Waals surface area contributed by atoms with E-state index in [4.69, 9.17) is 0 Å². The summed E-state index contributed by atoms with van der Waals surface area (Å²) in [6.45, 7) is 4.01. The van der Waals surface area contributed by atoms with Crippen molar-refractivity contribution >= 4 is 11.0 Å². The predicted molar refractivity (Wildman–Crippen MR) is 62.2 cm³/mol. The van der Waals surface area contributed by atoms with Gasteiger partial charge >= 0.3 is 0 Å². The quantitative estimate of drug-likeness (QED) is 0.761. The van der Waals surface area contributed by atoms with E-state index in [-0.39, 0.29) is 0 Å². The van der Waals surface area contributed by atoms with E-state index in [1.807, 2.05) is 56.6 Å². The molecule has 1 aromatic heterocycles. The van der Waals surface area contributed by atoms with E-state index in [1.54, 1.807) is 3.97 Å². The summed E-state index contributed by atoms with van der Waals surface area (Å²) in [5.41, 5.74) is 2.30. The molecule has 0 saturated heterocycles. The highest BCUT2D eigenvalue weighted by atomic mass is 32.2. The number of nitrogens with zero attached hydrogens (tertiary/aromatic N) is 1. The Morgan fingerprint density at radius 2 is 1.67 bits per heavy atom. The van der Waals surface area contributed by atoms with Gasteiger partial charge in [0.15, 0.2) is 11.0 Å². The maximum atomic E-state index is 12.0. The minimum absolute atomic E-state index is 0.830. The number of aryl methyl sites for hydroxylation is 2. The number of benzene rings is 1. The highest BCUT2D eigenvalue weighted by molar-refractivity contribution is 7.83. The molecule has 0 amide bonds. The van der Waals surface area contributed by atoms with Gasteiger partial charge in [-0.25, -0.2) is 4.21 Å². The molecule has 0 aliphatic carbocycles. The third kappa shape index (κ3) is 2.18. The molecule has 0 saturated carbocycles. The zero-order valence-corrected chi connectivity index (χ0v) is 9.62. The van der Waals surface area contributed by atoms with E-state index in [2.05, 4.69) is 0 Å². The van der Waals surface area contributed by atoms with Crippen molar-refractivity contribution in [1.82, 2.24) is 3.97 Å². The third-order valence-electron chi connectivity index (χ3n) is 2.23. The molecule has 0 bridgehead atoms. The Balaban J connectivity index is 2.32. The third-order valence-corrected chi connectivity index (χ3v) is 3.51. The summed E-state index contributed by atoms with van der Waals surface area (Å²) in [5, 5.41) is 0. The summed E-state index contributed by atoms with van der Waals surface area (Å²) < 4.78 is 13.8. The van der Waals surface area contributed by atoms with Gasteiger partial charge in [-0.2, -0.15) is 0 Å². The van der Waals surface area contributed by atoms with Crippen molar-refractivity contribution in [3.63, 3.8) is 0 Å². The lowest BCUT2D eigenvalue weighted by molar-refractivity contribution is 0.677. The first-order chi connectivity index (χ1) is 7.16. The number of aromatic nitrogens is 1. The molecule has 1 heterocycles. The molecule has 2 nitrogen and oxygen atoms in total. The Bertz CT molecular complexity index is 485. The molecule has 1 aromatic carbocycles. The highest BCUT2D eigenvalue weighted by Crippen LogP contribution is 2.11. The van der Waals surface area contributed by atoms with Crippen LogP contribution in [0.15, 0.2) is 47.6 Å². The summed E-state index contributed by atoms with van der Waals surface area (Å²) in [6, 6.07) is 9.71. The van der Waals surface area contributed by atoms with Gasteiger partial charge in [-0.05, 0) is 37.6 Å². The van der Waals surface area contributed by atoms with Gasteiger partial charge in [-0.3, -0.25) is 3.97 Å². The van der Waals surface area contributed by atoms with E-state index in [0.717, 1.165) is 10.5 Å². The molecule has 15 heavy (non-hydrogen) atoms. The van der Waals surface area contributed by atoms with Crippen molar-refractivity contribution in [1.29, 1.82) is 0 Å². The second-order valence-corrected chi connectivity index (χ2v) is 5.00. The maximum Gasteiger partial charge on any atom is 0.156 e. The van der Waals surface area contributed by atoms with Gasteiger partial charge < -0.3 is 0 Å². The summed E-state index contributed by atoms with van der Waals surface area (Å²) in [6.07, 6.45) is 3.72.